The van der Waals surface area contributed by atoms with Crippen molar-refractivity contribution >= 4 is 11.6 Å². The molecule has 2 aliphatic carbocycles. The average Bonchev–Trinajstić information content (AvgIpc) is 3.25. The second-order valence-electron chi connectivity index (χ2n) is 6.74. The fourth-order valence-corrected chi connectivity index (χ4v) is 3.42. The van der Waals surface area contributed by atoms with Crippen molar-refractivity contribution in [3.05, 3.63) is 11.4 Å². The fourth-order valence-electron chi connectivity index (χ4n) is 3.42. The number of nitrogens with two attached hydrogens (primary N) is 1. The van der Waals surface area contributed by atoms with E-state index in [-0.39, 0.29) is 0 Å². The second kappa shape index (κ2) is 5.79. The largest absolute Gasteiger partial charge is 0.369 e. The monoisotopic (exact) mass is 289 g/mol. The van der Waals surface area contributed by atoms with Gasteiger partial charge in [0.25, 0.3) is 0 Å². The molecule has 116 valence electrons. The molecule has 0 spiro atoms. The van der Waals surface area contributed by atoms with E-state index in [0.29, 0.717) is 11.3 Å². The van der Waals surface area contributed by atoms with Crippen LogP contribution in [-0.4, -0.2) is 16.5 Å². The Bertz CT molecular complexity index is 504. The summed E-state index contributed by atoms with van der Waals surface area (Å²) in [6, 6.07) is 0. The van der Waals surface area contributed by atoms with Gasteiger partial charge in [0, 0.05) is 18.0 Å². The average molecular weight is 289 g/mol. The molecule has 0 radical (unpaired) electrons. The first kappa shape index (κ1) is 14.6. The third-order valence-corrected chi connectivity index (χ3v) is 5.29. The van der Waals surface area contributed by atoms with E-state index in [9.17, 15) is 0 Å². The summed E-state index contributed by atoms with van der Waals surface area (Å²) in [7, 11) is 0. The summed E-state index contributed by atoms with van der Waals surface area (Å²) >= 11 is 0. The molecule has 1 heterocycles. The van der Waals surface area contributed by atoms with Gasteiger partial charge in [0.1, 0.15) is 17.5 Å². The molecule has 2 aliphatic rings. The van der Waals surface area contributed by atoms with Crippen molar-refractivity contribution in [3.63, 3.8) is 0 Å². The summed E-state index contributed by atoms with van der Waals surface area (Å²) in [5.74, 6) is 8.80. The van der Waals surface area contributed by atoms with Crippen LogP contribution in [0.4, 0.5) is 11.6 Å². The van der Waals surface area contributed by atoms with E-state index < -0.39 is 0 Å². The Balaban J connectivity index is 1.79. The Morgan fingerprint density at radius 1 is 1.19 bits per heavy atom. The van der Waals surface area contributed by atoms with Crippen LogP contribution in [0.5, 0.6) is 0 Å². The van der Waals surface area contributed by atoms with E-state index in [1.807, 2.05) is 6.92 Å². The predicted molar refractivity (Wildman–Crippen MR) is 86.2 cm³/mol. The molecule has 5 heteroatoms. The van der Waals surface area contributed by atoms with Gasteiger partial charge in [-0.25, -0.2) is 15.8 Å². The van der Waals surface area contributed by atoms with Gasteiger partial charge in [-0.2, -0.15) is 0 Å². The van der Waals surface area contributed by atoms with Gasteiger partial charge in [-0.3, -0.25) is 0 Å². The summed E-state index contributed by atoms with van der Waals surface area (Å²) in [5.41, 5.74) is 4.19. The Morgan fingerprint density at radius 3 is 2.43 bits per heavy atom. The highest BCUT2D eigenvalue weighted by molar-refractivity contribution is 5.57. The van der Waals surface area contributed by atoms with Crippen molar-refractivity contribution in [2.45, 2.75) is 64.7 Å². The number of anilines is 2. The van der Waals surface area contributed by atoms with Crippen molar-refractivity contribution in [1.29, 1.82) is 0 Å². The Kier molecular flexibility index (Phi) is 4.02. The zero-order valence-corrected chi connectivity index (χ0v) is 13.2. The molecule has 0 amide bonds. The second-order valence-corrected chi connectivity index (χ2v) is 6.74. The summed E-state index contributed by atoms with van der Waals surface area (Å²) in [4.78, 5) is 9.29. The smallest absolute Gasteiger partial charge is 0.148 e. The van der Waals surface area contributed by atoms with Crippen molar-refractivity contribution in [2.75, 3.05) is 17.3 Å². The fraction of sp³-hybridized carbons (Fsp3) is 0.750. The predicted octanol–water partition coefficient (Wildman–Crippen LogP) is 3.33. The van der Waals surface area contributed by atoms with Crippen LogP contribution in [0.2, 0.25) is 0 Å². The molecule has 0 atom stereocenters. The maximum absolute atomic E-state index is 5.61. The van der Waals surface area contributed by atoms with E-state index in [2.05, 4.69) is 22.7 Å². The van der Waals surface area contributed by atoms with Crippen LogP contribution < -0.4 is 16.6 Å². The highest BCUT2D eigenvalue weighted by Gasteiger charge is 2.32. The molecule has 0 saturated heterocycles. The number of hydrogen-bond donors (Lipinski definition) is 3. The van der Waals surface area contributed by atoms with Crippen molar-refractivity contribution in [2.24, 2.45) is 11.3 Å². The minimum atomic E-state index is 0.452. The quantitative estimate of drug-likeness (QED) is 0.553. The first-order valence-corrected chi connectivity index (χ1v) is 8.26. The van der Waals surface area contributed by atoms with Crippen LogP contribution in [0.3, 0.4) is 0 Å². The van der Waals surface area contributed by atoms with Gasteiger partial charge in [0.05, 0.1) is 0 Å². The molecule has 2 fully saturated rings. The zero-order chi connectivity index (χ0) is 14.9. The zero-order valence-electron chi connectivity index (χ0n) is 13.2. The molecule has 0 bridgehead atoms. The van der Waals surface area contributed by atoms with E-state index in [0.717, 1.165) is 29.6 Å². The van der Waals surface area contributed by atoms with Crippen molar-refractivity contribution in [3.8, 4) is 0 Å². The molecule has 0 unspecified atom stereocenters. The minimum Gasteiger partial charge on any atom is -0.369 e. The maximum atomic E-state index is 5.61. The van der Waals surface area contributed by atoms with Gasteiger partial charge in [0.2, 0.25) is 0 Å². The van der Waals surface area contributed by atoms with Crippen molar-refractivity contribution in [1.82, 2.24) is 9.97 Å². The molecule has 1 aromatic heterocycles. The van der Waals surface area contributed by atoms with Crippen LogP contribution in [0, 0.1) is 12.3 Å². The number of hydrazine groups is 1. The topological polar surface area (TPSA) is 75.9 Å². The lowest BCUT2D eigenvalue weighted by atomic mass is 9.83. The van der Waals surface area contributed by atoms with Crippen molar-refractivity contribution < 1.29 is 0 Å². The van der Waals surface area contributed by atoms with E-state index in [4.69, 9.17) is 10.8 Å². The summed E-state index contributed by atoms with van der Waals surface area (Å²) in [6.45, 7) is 5.35. The lowest BCUT2D eigenvalue weighted by Gasteiger charge is -2.28. The molecule has 21 heavy (non-hydrogen) atoms. The van der Waals surface area contributed by atoms with Gasteiger partial charge >= 0.3 is 0 Å². The summed E-state index contributed by atoms with van der Waals surface area (Å²) < 4.78 is 0. The highest BCUT2D eigenvalue weighted by Crippen LogP contribution is 2.42. The number of rotatable bonds is 6. The van der Waals surface area contributed by atoms with Gasteiger partial charge in [-0.1, -0.05) is 19.8 Å². The highest BCUT2D eigenvalue weighted by atomic mass is 15.3. The molecule has 5 nitrogen and oxygen atoms in total. The van der Waals surface area contributed by atoms with Crippen LogP contribution >= 0.6 is 0 Å². The number of nitrogens with one attached hydrogen (secondary N) is 2. The SMILES string of the molecule is CCC1(CNc2nc(C3CC3)nc(NN)c2C)CCCC1. The number of aromatic nitrogens is 2. The molecule has 4 N–H and O–H groups in total. The Morgan fingerprint density at radius 2 is 1.86 bits per heavy atom. The minimum absolute atomic E-state index is 0.452. The van der Waals surface area contributed by atoms with E-state index in [1.165, 1.54) is 44.9 Å². The molecule has 1 aromatic rings. The molecule has 0 aromatic carbocycles. The first-order valence-electron chi connectivity index (χ1n) is 8.26. The maximum Gasteiger partial charge on any atom is 0.148 e. The van der Waals surface area contributed by atoms with Gasteiger partial charge in [-0.15, -0.1) is 0 Å². The lowest BCUT2D eigenvalue weighted by molar-refractivity contribution is 0.306. The molecule has 0 aliphatic heterocycles. The van der Waals surface area contributed by atoms with Gasteiger partial charge in [0.15, 0.2) is 0 Å². The molecule has 3 rings (SSSR count). The van der Waals surface area contributed by atoms with E-state index >= 15 is 0 Å². The van der Waals surface area contributed by atoms with Crippen LogP contribution in [0.25, 0.3) is 0 Å². The third-order valence-electron chi connectivity index (χ3n) is 5.29. The van der Waals surface area contributed by atoms with E-state index in [1.54, 1.807) is 0 Å². The number of nitrogens with zero attached hydrogens (tertiary/aromatic N) is 2. The normalized spacial score (nSPS) is 20.5. The lowest BCUT2D eigenvalue weighted by Crippen LogP contribution is -2.27. The Hall–Kier alpha value is -1.36. The molecule has 2 saturated carbocycles. The molecular formula is C16H27N5. The van der Waals surface area contributed by atoms with Crippen LogP contribution in [0.15, 0.2) is 0 Å². The van der Waals surface area contributed by atoms with Gasteiger partial charge in [-0.05, 0) is 44.4 Å². The standard InChI is InChI=1S/C16H27N5/c1-3-16(8-4-5-9-16)10-18-13-11(2)14(21-17)20-15(19-13)12-6-7-12/h12H,3-10,17H2,1-2H3,(H2,18,19,20,21). The van der Waals surface area contributed by atoms with Gasteiger partial charge < -0.3 is 10.7 Å². The summed E-state index contributed by atoms with van der Waals surface area (Å²) in [6.07, 6.45) is 9.02. The van der Waals surface area contributed by atoms with Crippen LogP contribution in [0.1, 0.15) is 69.2 Å². The summed E-state index contributed by atoms with van der Waals surface area (Å²) in [5, 5.41) is 3.60. The Labute approximate surface area is 127 Å². The first-order chi connectivity index (χ1) is 10.2. The molecular weight excluding hydrogens is 262 g/mol. The third kappa shape index (κ3) is 2.98. The number of nitrogen functional groups attached to an aromatic ring is 1. The van der Waals surface area contributed by atoms with Crippen LogP contribution in [-0.2, 0) is 0 Å². The number of hydrogen-bond acceptors (Lipinski definition) is 5.